The zero-order chi connectivity index (χ0) is 23.5. The molecule has 3 heterocycles. The Kier molecular flexibility index (Phi) is 5.87. The molecule has 7 nitrogen and oxygen atoms in total. The van der Waals surface area contributed by atoms with Gasteiger partial charge in [0, 0.05) is 37.0 Å². The number of nitrogens with zero attached hydrogens (tertiary/aromatic N) is 5. The van der Waals surface area contributed by atoms with Gasteiger partial charge in [-0.05, 0) is 48.7 Å². The highest BCUT2D eigenvalue weighted by Crippen LogP contribution is 2.31. The number of aromatic nitrogens is 5. The molecule has 0 spiro atoms. The minimum Gasteiger partial charge on any atom is -0.341 e. The first-order valence-electron chi connectivity index (χ1n) is 11.0. The first-order chi connectivity index (χ1) is 16.4. The molecule has 2 aromatic heterocycles. The lowest BCUT2D eigenvalue weighted by Crippen LogP contribution is -2.20. The van der Waals surface area contributed by atoms with Gasteiger partial charge < -0.3 is 10.2 Å². The third kappa shape index (κ3) is 5.00. The van der Waals surface area contributed by atoms with Crippen molar-refractivity contribution in [2.75, 3.05) is 23.3 Å². The van der Waals surface area contributed by atoms with Gasteiger partial charge >= 0.3 is 6.18 Å². The maximum absolute atomic E-state index is 13.0. The summed E-state index contributed by atoms with van der Waals surface area (Å²) in [6.45, 7) is 1.97. The quantitative estimate of drug-likeness (QED) is 0.407. The Morgan fingerprint density at radius 3 is 2.62 bits per heavy atom. The standard InChI is InChI=1S/C24H22F3N7/c25-24(26,27)18-7-4-8-19(15-18)29-22-31-21(32-33-22)17-6-3-5-16(13-17)14-20-9-10-28-23(30-20)34-11-1-2-12-34/h3-10,13,15H,1-2,11-12,14H2,(H2,29,31,32,33). The molecule has 2 N–H and O–H groups in total. The fraction of sp³-hybridized carbons (Fsp3) is 0.250. The van der Waals surface area contributed by atoms with Crippen LogP contribution >= 0.6 is 0 Å². The highest BCUT2D eigenvalue weighted by atomic mass is 19.4. The van der Waals surface area contributed by atoms with Gasteiger partial charge in [-0.15, -0.1) is 5.10 Å². The fourth-order valence-corrected chi connectivity index (χ4v) is 3.94. The number of rotatable bonds is 6. The summed E-state index contributed by atoms with van der Waals surface area (Å²) in [6.07, 6.45) is 0.346. The number of aromatic amines is 1. The van der Waals surface area contributed by atoms with Gasteiger partial charge in [0.15, 0.2) is 5.82 Å². The summed E-state index contributed by atoms with van der Waals surface area (Å²) in [5.41, 5.74) is 2.31. The van der Waals surface area contributed by atoms with Crippen molar-refractivity contribution in [1.82, 2.24) is 25.1 Å². The monoisotopic (exact) mass is 465 g/mol. The maximum Gasteiger partial charge on any atom is 0.416 e. The molecular weight excluding hydrogens is 443 g/mol. The number of nitrogens with one attached hydrogen (secondary N) is 2. The van der Waals surface area contributed by atoms with Crippen LogP contribution in [0.4, 0.5) is 30.8 Å². The molecule has 174 valence electrons. The highest BCUT2D eigenvalue weighted by molar-refractivity contribution is 5.60. The van der Waals surface area contributed by atoms with Gasteiger partial charge in [0.25, 0.3) is 0 Å². The second-order valence-corrected chi connectivity index (χ2v) is 8.13. The first-order valence-corrected chi connectivity index (χ1v) is 11.0. The van der Waals surface area contributed by atoms with Gasteiger partial charge in [-0.2, -0.15) is 18.2 Å². The summed E-state index contributed by atoms with van der Waals surface area (Å²) >= 11 is 0. The van der Waals surface area contributed by atoms with Crippen molar-refractivity contribution < 1.29 is 13.2 Å². The van der Waals surface area contributed by atoms with E-state index in [0.29, 0.717) is 12.2 Å². The van der Waals surface area contributed by atoms with Crippen LogP contribution in [0.5, 0.6) is 0 Å². The van der Waals surface area contributed by atoms with Crippen molar-refractivity contribution in [3.8, 4) is 11.4 Å². The van der Waals surface area contributed by atoms with E-state index in [4.69, 9.17) is 4.98 Å². The number of alkyl halides is 3. The molecule has 0 atom stereocenters. The normalized spacial score (nSPS) is 13.9. The van der Waals surface area contributed by atoms with Crippen LogP contribution in [0, 0.1) is 0 Å². The largest absolute Gasteiger partial charge is 0.416 e. The van der Waals surface area contributed by atoms with Crippen molar-refractivity contribution in [1.29, 1.82) is 0 Å². The Bertz CT molecular complexity index is 1280. The Balaban J connectivity index is 1.30. The third-order valence-electron chi connectivity index (χ3n) is 5.61. The molecule has 0 aliphatic carbocycles. The van der Waals surface area contributed by atoms with Crippen LogP contribution in [0.2, 0.25) is 0 Å². The van der Waals surface area contributed by atoms with Crippen LogP contribution < -0.4 is 10.2 Å². The van der Waals surface area contributed by atoms with E-state index < -0.39 is 11.7 Å². The summed E-state index contributed by atoms with van der Waals surface area (Å²) in [4.78, 5) is 15.7. The lowest BCUT2D eigenvalue weighted by Gasteiger charge is -2.15. The van der Waals surface area contributed by atoms with Crippen LogP contribution in [-0.2, 0) is 12.6 Å². The Morgan fingerprint density at radius 1 is 0.971 bits per heavy atom. The van der Waals surface area contributed by atoms with Gasteiger partial charge in [0.2, 0.25) is 11.9 Å². The molecule has 4 aromatic rings. The van der Waals surface area contributed by atoms with Crippen molar-refractivity contribution in [2.24, 2.45) is 0 Å². The topological polar surface area (TPSA) is 82.6 Å². The number of hydrogen-bond donors (Lipinski definition) is 2. The minimum absolute atomic E-state index is 0.186. The smallest absolute Gasteiger partial charge is 0.341 e. The van der Waals surface area contributed by atoms with Crippen molar-refractivity contribution in [2.45, 2.75) is 25.4 Å². The van der Waals surface area contributed by atoms with E-state index in [1.165, 1.54) is 12.1 Å². The van der Waals surface area contributed by atoms with Gasteiger partial charge in [-0.3, -0.25) is 5.10 Å². The van der Waals surface area contributed by atoms with E-state index in [-0.39, 0.29) is 11.6 Å². The maximum atomic E-state index is 13.0. The third-order valence-corrected chi connectivity index (χ3v) is 5.61. The van der Waals surface area contributed by atoms with Crippen LogP contribution in [0.1, 0.15) is 29.7 Å². The number of hydrogen-bond acceptors (Lipinski definition) is 6. The predicted octanol–water partition coefficient (Wildman–Crippen LogP) is 5.22. The zero-order valence-electron chi connectivity index (χ0n) is 18.2. The van der Waals surface area contributed by atoms with E-state index >= 15 is 0 Å². The SMILES string of the molecule is FC(F)(F)c1cccc(Nc2n[nH]c(-c3cccc(Cc4ccnc(N5CCCC5)n4)c3)n2)c1. The van der Waals surface area contributed by atoms with E-state index in [9.17, 15) is 13.2 Å². The molecule has 2 aromatic carbocycles. The number of anilines is 3. The van der Waals surface area contributed by atoms with Crippen molar-refractivity contribution in [3.05, 3.63) is 77.6 Å². The van der Waals surface area contributed by atoms with Gasteiger partial charge in [0.1, 0.15) is 0 Å². The molecule has 0 unspecified atom stereocenters. The number of benzene rings is 2. The Morgan fingerprint density at radius 2 is 1.79 bits per heavy atom. The molecule has 0 saturated carbocycles. The van der Waals surface area contributed by atoms with E-state index in [0.717, 1.165) is 60.8 Å². The van der Waals surface area contributed by atoms with Crippen molar-refractivity contribution >= 4 is 17.6 Å². The Hall–Kier alpha value is -3.95. The summed E-state index contributed by atoms with van der Waals surface area (Å²) in [5, 5.41) is 9.76. The van der Waals surface area contributed by atoms with Crippen LogP contribution in [-0.4, -0.2) is 38.2 Å². The van der Waals surface area contributed by atoms with E-state index in [1.807, 2.05) is 30.3 Å². The first kappa shape index (κ1) is 21.9. The van der Waals surface area contributed by atoms with Gasteiger partial charge in [-0.1, -0.05) is 24.3 Å². The highest BCUT2D eigenvalue weighted by Gasteiger charge is 2.30. The van der Waals surface area contributed by atoms with Gasteiger partial charge in [0.05, 0.1) is 11.3 Å². The minimum atomic E-state index is -4.42. The molecule has 1 aliphatic heterocycles. The molecular formula is C24H22F3N7. The van der Waals surface area contributed by atoms with E-state index in [1.54, 1.807) is 6.20 Å². The number of H-pyrrole nitrogens is 1. The predicted molar refractivity (Wildman–Crippen MR) is 123 cm³/mol. The molecule has 1 fully saturated rings. The summed E-state index contributed by atoms with van der Waals surface area (Å²) < 4.78 is 38.9. The molecule has 0 bridgehead atoms. The van der Waals surface area contributed by atoms with Gasteiger partial charge in [-0.25, -0.2) is 9.97 Å². The summed E-state index contributed by atoms with van der Waals surface area (Å²) in [5.74, 6) is 1.47. The average Bonchev–Trinajstić information content (AvgIpc) is 3.52. The van der Waals surface area contributed by atoms with Crippen LogP contribution in [0.15, 0.2) is 60.8 Å². The molecule has 5 rings (SSSR count). The molecule has 0 amide bonds. The van der Waals surface area contributed by atoms with Crippen molar-refractivity contribution in [3.63, 3.8) is 0 Å². The van der Waals surface area contributed by atoms with Crippen LogP contribution in [0.3, 0.4) is 0 Å². The molecule has 34 heavy (non-hydrogen) atoms. The van der Waals surface area contributed by atoms with Crippen LogP contribution in [0.25, 0.3) is 11.4 Å². The molecule has 1 aliphatic rings. The van der Waals surface area contributed by atoms with E-state index in [2.05, 4.69) is 30.4 Å². The fourth-order valence-electron chi connectivity index (χ4n) is 3.94. The lowest BCUT2D eigenvalue weighted by atomic mass is 10.1. The number of halogens is 3. The summed E-state index contributed by atoms with van der Waals surface area (Å²) in [7, 11) is 0. The second kappa shape index (κ2) is 9.12. The Labute approximate surface area is 194 Å². The molecule has 1 saturated heterocycles. The lowest BCUT2D eigenvalue weighted by molar-refractivity contribution is -0.137. The second-order valence-electron chi connectivity index (χ2n) is 8.13. The summed E-state index contributed by atoms with van der Waals surface area (Å²) in [6, 6.07) is 14.7. The zero-order valence-corrected chi connectivity index (χ0v) is 18.2. The molecule has 10 heteroatoms. The molecule has 0 radical (unpaired) electrons. The average molecular weight is 465 g/mol.